The summed E-state index contributed by atoms with van der Waals surface area (Å²) < 4.78 is 0.848. The van der Waals surface area contributed by atoms with Gasteiger partial charge in [-0.2, -0.15) is 10.2 Å². The zero-order valence-electron chi connectivity index (χ0n) is 8.57. The van der Waals surface area contributed by atoms with E-state index in [2.05, 4.69) is 31.2 Å². The van der Waals surface area contributed by atoms with E-state index in [0.717, 1.165) is 10.2 Å². The molecule has 0 amide bonds. The first-order valence-corrected chi connectivity index (χ1v) is 5.51. The molecule has 0 aliphatic heterocycles. The van der Waals surface area contributed by atoms with Crippen LogP contribution in [0.3, 0.4) is 0 Å². The predicted octanol–water partition coefficient (Wildman–Crippen LogP) is 2.15. The van der Waals surface area contributed by atoms with Crippen molar-refractivity contribution in [1.29, 1.82) is 5.26 Å². The predicted molar refractivity (Wildman–Crippen MR) is 67.0 cm³/mol. The summed E-state index contributed by atoms with van der Waals surface area (Å²) in [6.07, 6.45) is 0. The van der Waals surface area contributed by atoms with Crippen LogP contribution >= 0.6 is 15.9 Å². The molecule has 0 saturated carbocycles. The average Bonchev–Trinajstić information content (AvgIpc) is 2.31. The molecule has 17 heavy (non-hydrogen) atoms. The molecule has 0 spiro atoms. The highest BCUT2D eigenvalue weighted by Crippen LogP contribution is 2.23. The van der Waals surface area contributed by atoms with E-state index in [1.54, 1.807) is 0 Å². The Morgan fingerprint density at radius 2 is 2.18 bits per heavy atom. The van der Waals surface area contributed by atoms with Gasteiger partial charge in [-0.15, -0.1) is 0 Å². The molecule has 6 heteroatoms. The number of nitrogens with one attached hydrogen (secondary N) is 2. The molecule has 2 aromatic rings. The van der Waals surface area contributed by atoms with Gasteiger partial charge in [-0.05, 0) is 28.1 Å². The minimum absolute atomic E-state index is 0.166. The molecule has 84 valence electrons. The zero-order valence-corrected chi connectivity index (χ0v) is 10.2. The van der Waals surface area contributed by atoms with Gasteiger partial charge in [0.15, 0.2) is 0 Å². The number of anilines is 2. The number of aromatic nitrogens is 2. The number of hydrogen-bond donors (Lipinski definition) is 2. The number of para-hydroxylation sites is 1. The van der Waals surface area contributed by atoms with Crippen molar-refractivity contribution in [3.8, 4) is 6.07 Å². The van der Waals surface area contributed by atoms with Crippen LogP contribution in [-0.2, 0) is 0 Å². The zero-order chi connectivity index (χ0) is 12.3. The molecule has 2 N–H and O–H groups in total. The number of benzene rings is 1. The Kier molecular flexibility index (Phi) is 3.21. The molecule has 1 aromatic heterocycles. The Balaban J connectivity index is 2.37. The number of nitriles is 1. The molecule has 0 unspecified atom stereocenters. The van der Waals surface area contributed by atoms with E-state index in [-0.39, 0.29) is 5.69 Å². The normalized spacial score (nSPS) is 9.65. The summed E-state index contributed by atoms with van der Waals surface area (Å²) in [4.78, 5) is 17.2. The van der Waals surface area contributed by atoms with E-state index in [9.17, 15) is 4.79 Å². The third-order valence-corrected chi connectivity index (χ3v) is 2.69. The summed E-state index contributed by atoms with van der Waals surface area (Å²) in [6, 6.07) is 10.8. The van der Waals surface area contributed by atoms with Crippen molar-refractivity contribution < 1.29 is 0 Å². The minimum atomic E-state index is -0.557. The van der Waals surface area contributed by atoms with Gasteiger partial charge in [-0.3, -0.25) is 4.98 Å². The first-order valence-electron chi connectivity index (χ1n) is 4.72. The van der Waals surface area contributed by atoms with Gasteiger partial charge in [0.05, 0.1) is 5.69 Å². The van der Waals surface area contributed by atoms with Crippen LogP contribution in [0.2, 0.25) is 0 Å². The lowest BCUT2D eigenvalue weighted by Crippen LogP contribution is -2.13. The standard InChI is InChI=1S/C11H7BrN4O/c12-8-3-1-2-4-9(8)15-10-5-7(6-13)14-11(17)16-10/h1-5H,(H2,14,15,16,17). The molecule has 0 aliphatic rings. The van der Waals surface area contributed by atoms with Gasteiger partial charge < -0.3 is 5.32 Å². The molecule has 5 nitrogen and oxygen atoms in total. The number of rotatable bonds is 2. The van der Waals surface area contributed by atoms with Crippen molar-refractivity contribution in [3.05, 3.63) is 51.0 Å². The van der Waals surface area contributed by atoms with Crippen molar-refractivity contribution in [2.75, 3.05) is 5.32 Å². The summed E-state index contributed by atoms with van der Waals surface area (Å²) >= 11 is 3.37. The summed E-state index contributed by atoms with van der Waals surface area (Å²) in [6.45, 7) is 0. The van der Waals surface area contributed by atoms with E-state index in [1.165, 1.54) is 6.07 Å². The number of nitrogens with zero attached hydrogens (tertiary/aromatic N) is 2. The maximum atomic E-state index is 11.2. The molecule has 0 atom stereocenters. The molecule has 2 rings (SSSR count). The number of halogens is 1. The lowest BCUT2D eigenvalue weighted by atomic mass is 10.3. The van der Waals surface area contributed by atoms with Gasteiger partial charge in [-0.1, -0.05) is 12.1 Å². The Hall–Kier alpha value is -2.13. The second kappa shape index (κ2) is 4.80. The minimum Gasteiger partial charge on any atom is -0.339 e. The molecule has 1 heterocycles. The Morgan fingerprint density at radius 3 is 2.88 bits per heavy atom. The van der Waals surface area contributed by atoms with Crippen LogP contribution in [0.5, 0.6) is 0 Å². The monoisotopic (exact) mass is 290 g/mol. The van der Waals surface area contributed by atoms with E-state index in [1.807, 2.05) is 30.3 Å². The Labute approximate surface area is 105 Å². The number of hydrogen-bond acceptors (Lipinski definition) is 4. The molecule has 0 fully saturated rings. The third-order valence-electron chi connectivity index (χ3n) is 2.00. The van der Waals surface area contributed by atoms with Crippen LogP contribution in [0.1, 0.15) is 5.69 Å². The highest BCUT2D eigenvalue weighted by molar-refractivity contribution is 9.10. The maximum absolute atomic E-state index is 11.2. The smallest absolute Gasteiger partial charge is 0.339 e. The third kappa shape index (κ3) is 2.71. The van der Waals surface area contributed by atoms with Crippen molar-refractivity contribution in [3.63, 3.8) is 0 Å². The molecular formula is C11H7BrN4O. The molecule has 1 aromatic carbocycles. The van der Waals surface area contributed by atoms with Gasteiger partial charge >= 0.3 is 5.69 Å². The second-order valence-electron chi connectivity index (χ2n) is 3.20. The largest absolute Gasteiger partial charge is 0.347 e. The number of aromatic amines is 1. The van der Waals surface area contributed by atoms with Crippen molar-refractivity contribution >= 4 is 27.4 Å². The molecular weight excluding hydrogens is 284 g/mol. The van der Waals surface area contributed by atoms with Gasteiger partial charge in [0, 0.05) is 10.5 Å². The van der Waals surface area contributed by atoms with Crippen LogP contribution in [0.25, 0.3) is 0 Å². The molecule has 0 aliphatic carbocycles. The van der Waals surface area contributed by atoms with Gasteiger partial charge in [-0.25, -0.2) is 4.79 Å². The van der Waals surface area contributed by atoms with Crippen LogP contribution in [0.4, 0.5) is 11.5 Å². The lowest BCUT2D eigenvalue weighted by molar-refractivity contribution is 1.06. The van der Waals surface area contributed by atoms with Crippen LogP contribution in [0, 0.1) is 11.3 Å². The van der Waals surface area contributed by atoms with Crippen LogP contribution in [-0.4, -0.2) is 9.97 Å². The molecule has 0 bridgehead atoms. The van der Waals surface area contributed by atoms with Gasteiger partial charge in [0.25, 0.3) is 0 Å². The number of H-pyrrole nitrogens is 1. The topological polar surface area (TPSA) is 81.6 Å². The van der Waals surface area contributed by atoms with E-state index < -0.39 is 5.69 Å². The lowest BCUT2D eigenvalue weighted by Gasteiger charge is -2.06. The quantitative estimate of drug-likeness (QED) is 0.888. The Morgan fingerprint density at radius 1 is 1.41 bits per heavy atom. The summed E-state index contributed by atoms with van der Waals surface area (Å²) in [5.74, 6) is 0.331. The summed E-state index contributed by atoms with van der Waals surface area (Å²) in [5, 5.41) is 11.7. The first-order chi connectivity index (χ1) is 8.19. The van der Waals surface area contributed by atoms with Crippen LogP contribution < -0.4 is 11.0 Å². The van der Waals surface area contributed by atoms with Crippen molar-refractivity contribution in [2.24, 2.45) is 0 Å². The van der Waals surface area contributed by atoms with E-state index >= 15 is 0 Å². The average molecular weight is 291 g/mol. The van der Waals surface area contributed by atoms with Crippen molar-refractivity contribution in [2.45, 2.75) is 0 Å². The second-order valence-corrected chi connectivity index (χ2v) is 4.06. The van der Waals surface area contributed by atoms with Gasteiger partial charge in [0.1, 0.15) is 17.6 Å². The highest BCUT2D eigenvalue weighted by Gasteiger charge is 2.03. The van der Waals surface area contributed by atoms with Gasteiger partial charge in [0.2, 0.25) is 0 Å². The van der Waals surface area contributed by atoms with Crippen molar-refractivity contribution in [1.82, 2.24) is 9.97 Å². The summed E-state index contributed by atoms with van der Waals surface area (Å²) in [5.41, 5.74) is 0.382. The summed E-state index contributed by atoms with van der Waals surface area (Å²) in [7, 11) is 0. The fourth-order valence-electron chi connectivity index (χ4n) is 1.28. The highest BCUT2D eigenvalue weighted by atomic mass is 79.9. The SMILES string of the molecule is N#Cc1cc(Nc2ccccc2Br)nc(=O)[nH]1. The van der Waals surface area contributed by atoms with Crippen LogP contribution in [0.15, 0.2) is 39.6 Å². The Bertz CT molecular complexity index is 644. The first kappa shape index (κ1) is 11.4. The van der Waals surface area contributed by atoms with E-state index in [0.29, 0.717) is 5.82 Å². The fourth-order valence-corrected chi connectivity index (χ4v) is 1.67. The molecule has 0 radical (unpaired) electrons. The molecule has 0 saturated heterocycles. The fraction of sp³-hybridized carbons (Fsp3) is 0. The van der Waals surface area contributed by atoms with E-state index in [4.69, 9.17) is 5.26 Å². The maximum Gasteiger partial charge on any atom is 0.347 e.